The molecule has 0 aliphatic carbocycles. The van der Waals surface area contributed by atoms with E-state index in [4.69, 9.17) is 8.85 Å². The molecule has 0 bridgehead atoms. The number of hydrogen-bond donors (Lipinski definition) is 2. The lowest BCUT2D eigenvalue weighted by atomic mass is 10.1. The highest BCUT2D eigenvalue weighted by atomic mass is 19.1. The Balaban J connectivity index is 1.41. The van der Waals surface area contributed by atoms with Crippen molar-refractivity contribution in [2.45, 2.75) is 25.8 Å². The summed E-state index contributed by atoms with van der Waals surface area (Å²) in [6, 6.07) is 5.30. The van der Waals surface area contributed by atoms with Gasteiger partial charge in [0.05, 0.1) is 28.6 Å². The molecule has 4 aromatic heterocycles. The SMILES string of the molecule is [2H]C([2H])([2H])Oc1nc(C)ccc1-c1cc(Nc2cnc3c(F)cn(C4CCN(C)CC4)c3n2)n[nH]1. The van der Waals surface area contributed by atoms with Gasteiger partial charge in [-0.2, -0.15) is 5.10 Å². The summed E-state index contributed by atoms with van der Waals surface area (Å²) >= 11 is 0. The molecule has 1 fully saturated rings. The lowest BCUT2D eigenvalue weighted by molar-refractivity contribution is 0.223. The lowest BCUT2D eigenvalue weighted by Crippen LogP contribution is -2.31. The van der Waals surface area contributed by atoms with Crippen molar-refractivity contribution in [3.05, 3.63) is 42.1 Å². The summed E-state index contributed by atoms with van der Waals surface area (Å²) in [7, 11) is -0.561. The monoisotopic (exact) mass is 439 g/mol. The molecular weight excluding hydrogens is 411 g/mol. The molecule has 5 rings (SSSR count). The van der Waals surface area contributed by atoms with Gasteiger partial charge in [-0.05, 0) is 52.0 Å². The largest absolute Gasteiger partial charge is 0.480 e. The molecular formula is C22H25FN8O. The Morgan fingerprint density at radius 2 is 2.09 bits per heavy atom. The molecule has 1 saturated heterocycles. The molecule has 166 valence electrons. The Hall–Kier alpha value is -3.53. The number of nitrogens with one attached hydrogen (secondary N) is 2. The number of piperidine rings is 1. The molecule has 1 aliphatic heterocycles. The third-order valence-corrected chi connectivity index (χ3v) is 5.78. The first-order valence-electron chi connectivity index (χ1n) is 11.9. The van der Waals surface area contributed by atoms with Gasteiger partial charge in [0.1, 0.15) is 5.52 Å². The number of rotatable bonds is 5. The van der Waals surface area contributed by atoms with Gasteiger partial charge in [-0.25, -0.2) is 19.3 Å². The van der Waals surface area contributed by atoms with Crippen LogP contribution in [-0.4, -0.2) is 61.8 Å². The fraction of sp³-hybridized carbons (Fsp3) is 0.364. The summed E-state index contributed by atoms with van der Waals surface area (Å²) in [6.45, 7) is 3.62. The summed E-state index contributed by atoms with van der Waals surface area (Å²) in [6.07, 6.45) is 4.75. The molecule has 4 aromatic rings. The molecule has 2 N–H and O–H groups in total. The van der Waals surface area contributed by atoms with E-state index < -0.39 is 12.9 Å². The Kier molecular flexibility index (Phi) is 4.37. The number of H-pyrrole nitrogens is 1. The van der Waals surface area contributed by atoms with Crippen LogP contribution < -0.4 is 10.1 Å². The number of fused-ring (bicyclic) bond motifs is 1. The minimum atomic E-state index is -2.64. The number of halogens is 1. The van der Waals surface area contributed by atoms with E-state index in [0.717, 1.165) is 25.9 Å². The lowest BCUT2D eigenvalue weighted by Gasteiger charge is -2.30. The van der Waals surface area contributed by atoms with Crippen LogP contribution in [0, 0.1) is 12.7 Å². The highest BCUT2D eigenvalue weighted by molar-refractivity contribution is 5.75. The highest BCUT2D eigenvalue weighted by Gasteiger charge is 2.23. The number of methoxy groups -OCH3 is 1. The van der Waals surface area contributed by atoms with Crippen molar-refractivity contribution < 1.29 is 13.2 Å². The molecule has 10 heteroatoms. The number of aryl methyl sites for hydroxylation is 1. The fourth-order valence-electron chi connectivity index (χ4n) is 4.05. The summed E-state index contributed by atoms with van der Waals surface area (Å²) in [4.78, 5) is 15.4. The molecule has 0 saturated carbocycles. The van der Waals surface area contributed by atoms with Crippen molar-refractivity contribution in [1.82, 2.24) is 34.6 Å². The molecule has 0 atom stereocenters. The Morgan fingerprint density at radius 1 is 1.25 bits per heavy atom. The normalized spacial score (nSPS) is 17.2. The molecule has 0 unspecified atom stereocenters. The van der Waals surface area contributed by atoms with Crippen molar-refractivity contribution in [3.63, 3.8) is 0 Å². The van der Waals surface area contributed by atoms with E-state index >= 15 is 0 Å². The van der Waals surface area contributed by atoms with Crippen molar-refractivity contribution >= 4 is 22.8 Å². The zero-order valence-electron chi connectivity index (χ0n) is 20.8. The number of nitrogens with zero attached hydrogens (tertiary/aromatic N) is 6. The average Bonchev–Trinajstić information content (AvgIpc) is 3.38. The minimum absolute atomic E-state index is 0.0205. The van der Waals surface area contributed by atoms with Crippen molar-refractivity contribution in [2.75, 3.05) is 32.5 Å². The maximum absolute atomic E-state index is 14.5. The van der Waals surface area contributed by atoms with Crippen LogP contribution in [0.4, 0.5) is 16.0 Å². The summed E-state index contributed by atoms with van der Waals surface area (Å²) in [5.74, 6) is 0.414. The summed E-state index contributed by atoms with van der Waals surface area (Å²) < 4.78 is 43.7. The second-order valence-corrected chi connectivity index (χ2v) is 8.05. The second-order valence-electron chi connectivity index (χ2n) is 8.05. The first-order chi connectivity index (χ1) is 16.7. The van der Waals surface area contributed by atoms with E-state index in [-0.39, 0.29) is 17.4 Å². The van der Waals surface area contributed by atoms with Gasteiger partial charge in [0, 0.05) is 24.0 Å². The number of hydrogen-bond acceptors (Lipinski definition) is 7. The average molecular weight is 440 g/mol. The number of ether oxygens (including phenoxy) is 1. The smallest absolute Gasteiger partial charge is 0.222 e. The third-order valence-electron chi connectivity index (χ3n) is 5.78. The maximum atomic E-state index is 14.5. The number of pyridine rings is 1. The van der Waals surface area contributed by atoms with Gasteiger partial charge in [-0.3, -0.25) is 5.10 Å². The summed E-state index contributed by atoms with van der Waals surface area (Å²) in [5.41, 5.74) is 2.29. The number of likely N-dealkylation sites (tertiary alicyclic amines) is 1. The molecule has 5 heterocycles. The van der Waals surface area contributed by atoms with E-state index in [2.05, 4.69) is 42.4 Å². The number of anilines is 2. The highest BCUT2D eigenvalue weighted by Crippen LogP contribution is 2.30. The fourth-order valence-corrected chi connectivity index (χ4v) is 4.05. The van der Waals surface area contributed by atoms with Crippen LogP contribution in [-0.2, 0) is 0 Å². The topological polar surface area (TPSA) is 96.8 Å². The Bertz CT molecular complexity index is 1360. The van der Waals surface area contributed by atoms with Gasteiger partial charge in [-0.1, -0.05) is 0 Å². The standard InChI is InChI=1S/C22H25FN8O/c1-13-4-5-15(22(25-13)32-3)17-10-18(29-28-17)26-19-11-24-20-16(23)12-31(21(20)27-19)14-6-8-30(2)9-7-14/h4-5,10-12,14H,6-9H2,1-3H3,(H2,26,27,28,29)/i3D3. The molecule has 0 spiro atoms. The molecule has 0 amide bonds. The van der Waals surface area contributed by atoms with Crippen LogP contribution in [0.5, 0.6) is 5.88 Å². The van der Waals surface area contributed by atoms with E-state index in [1.165, 1.54) is 12.4 Å². The summed E-state index contributed by atoms with van der Waals surface area (Å²) in [5, 5.41) is 10.2. The zero-order valence-corrected chi connectivity index (χ0v) is 17.8. The predicted octanol–water partition coefficient (Wildman–Crippen LogP) is 3.68. The van der Waals surface area contributed by atoms with Gasteiger partial charge in [0.25, 0.3) is 0 Å². The van der Waals surface area contributed by atoms with Crippen LogP contribution in [0.15, 0.2) is 30.6 Å². The Labute approximate surface area is 188 Å². The van der Waals surface area contributed by atoms with Gasteiger partial charge in [0.15, 0.2) is 23.1 Å². The van der Waals surface area contributed by atoms with Crippen molar-refractivity contribution in [3.8, 4) is 17.1 Å². The number of aromatic nitrogens is 6. The Morgan fingerprint density at radius 3 is 2.91 bits per heavy atom. The van der Waals surface area contributed by atoms with Crippen LogP contribution >= 0.6 is 0 Å². The first kappa shape index (κ1) is 17.1. The molecule has 32 heavy (non-hydrogen) atoms. The quantitative estimate of drug-likeness (QED) is 0.490. The van der Waals surface area contributed by atoms with E-state index in [0.29, 0.717) is 34.2 Å². The van der Waals surface area contributed by atoms with Crippen LogP contribution in [0.2, 0.25) is 0 Å². The van der Waals surface area contributed by atoms with Crippen molar-refractivity contribution in [1.29, 1.82) is 0 Å². The van der Waals surface area contributed by atoms with E-state index in [1.807, 2.05) is 4.57 Å². The second kappa shape index (κ2) is 8.19. The van der Waals surface area contributed by atoms with Crippen LogP contribution in [0.25, 0.3) is 22.4 Å². The van der Waals surface area contributed by atoms with Crippen LogP contribution in [0.1, 0.15) is 28.7 Å². The first-order valence-corrected chi connectivity index (χ1v) is 10.4. The predicted molar refractivity (Wildman–Crippen MR) is 120 cm³/mol. The third kappa shape index (κ3) is 3.77. The van der Waals surface area contributed by atoms with E-state index in [1.54, 1.807) is 25.1 Å². The molecule has 0 radical (unpaired) electrons. The van der Waals surface area contributed by atoms with Gasteiger partial charge >= 0.3 is 0 Å². The molecule has 0 aromatic carbocycles. The van der Waals surface area contributed by atoms with Gasteiger partial charge in [-0.15, -0.1) is 0 Å². The zero-order chi connectivity index (χ0) is 24.7. The van der Waals surface area contributed by atoms with Crippen LogP contribution in [0.3, 0.4) is 0 Å². The minimum Gasteiger partial charge on any atom is -0.480 e. The molecule has 9 nitrogen and oxygen atoms in total. The maximum Gasteiger partial charge on any atom is 0.222 e. The van der Waals surface area contributed by atoms with E-state index in [9.17, 15) is 4.39 Å². The van der Waals surface area contributed by atoms with Gasteiger partial charge < -0.3 is 19.5 Å². The molecule has 1 aliphatic rings. The van der Waals surface area contributed by atoms with Gasteiger partial charge in [0.2, 0.25) is 5.88 Å². The number of aromatic amines is 1. The van der Waals surface area contributed by atoms with Crippen molar-refractivity contribution in [2.24, 2.45) is 0 Å².